The Balaban J connectivity index is 2.84. The van der Waals surface area contributed by atoms with Crippen molar-refractivity contribution in [3.8, 4) is 5.88 Å². The van der Waals surface area contributed by atoms with Gasteiger partial charge >= 0.3 is 6.18 Å². The van der Waals surface area contributed by atoms with Gasteiger partial charge in [0.1, 0.15) is 5.69 Å². The zero-order valence-corrected chi connectivity index (χ0v) is 11.1. The summed E-state index contributed by atoms with van der Waals surface area (Å²) < 4.78 is 43.1. The summed E-state index contributed by atoms with van der Waals surface area (Å²) in [5.41, 5.74) is 5.00. The number of hydrogen-bond donors (Lipinski definition) is 1. The molecule has 1 aromatic heterocycles. The highest BCUT2D eigenvalue weighted by molar-refractivity contribution is 5.29. The van der Waals surface area contributed by atoms with Crippen molar-refractivity contribution < 1.29 is 17.9 Å². The van der Waals surface area contributed by atoms with Crippen LogP contribution in [0.5, 0.6) is 5.88 Å². The molecule has 0 spiro atoms. The second-order valence-electron chi connectivity index (χ2n) is 4.57. The SMILES string of the molecule is CCCC(C)COc1nc(C(F)(F)F)ccc1CN. The van der Waals surface area contributed by atoms with Gasteiger partial charge < -0.3 is 10.5 Å². The van der Waals surface area contributed by atoms with Gasteiger partial charge in [-0.15, -0.1) is 0 Å². The average Bonchev–Trinajstić information content (AvgIpc) is 2.35. The third-order valence-electron chi connectivity index (χ3n) is 2.74. The van der Waals surface area contributed by atoms with Crippen molar-refractivity contribution in [1.29, 1.82) is 0 Å². The van der Waals surface area contributed by atoms with Crippen LogP contribution in [0.15, 0.2) is 12.1 Å². The largest absolute Gasteiger partial charge is 0.477 e. The van der Waals surface area contributed by atoms with E-state index in [0.29, 0.717) is 12.2 Å². The molecule has 108 valence electrons. The predicted molar refractivity (Wildman–Crippen MR) is 66.7 cm³/mol. The van der Waals surface area contributed by atoms with Crippen LogP contribution in [0.1, 0.15) is 37.9 Å². The summed E-state index contributed by atoms with van der Waals surface area (Å²) in [6, 6.07) is 2.24. The summed E-state index contributed by atoms with van der Waals surface area (Å²) in [5.74, 6) is 0.257. The molecular formula is C13H19F3N2O. The third kappa shape index (κ3) is 4.70. The Bertz CT molecular complexity index is 407. The van der Waals surface area contributed by atoms with Gasteiger partial charge in [-0.1, -0.05) is 26.3 Å². The van der Waals surface area contributed by atoms with Crippen molar-refractivity contribution in [1.82, 2.24) is 4.98 Å². The molecule has 2 N–H and O–H groups in total. The molecule has 0 aliphatic heterocycles. The van der Waals surface area contributed by atoms with E-state index in [1.807, 2.05) is 13.8 Å². The molecule has 0 aliphatic rings. The van der Waals surface area contributed by atoms with Crippen LogP contribution in [-0.2, 0) is 12.7 Å². The van der Waals surface area contributed by atoms with Gasteiger partial charge in [-0.25, -0.2) is 4.98 Å². The van der Waals surface area contributed by atoms with Crippen LogP contribution in [0.3, 0.4) is 0 Å². The van der Waals surface area contributed by atoms with E-state index in [1.54, 1.807) is 0 Å². The Morgan fingerprint density at radius 1 is 1.37 bits per heavy atom. The minimum atomic E-state index is -4.47. The number of pyridine rings is 1. The first-order valence-electron chi connectivity index (χ1n) is 6.28. The van der Waals surface area contributed by atoms with Crippen LogP contribution in [0, 0.1) is 5.92 Å². The molecular weight excluding hydrogens is 257 g/mol. The van der Waals surface area contributed by atoms with Gasteiger partial charge in [-0.3, -0.25) is 0 Å². The zero-order chi connectivity index (χ0) is 14.5. The lowest BCUT2D eigenvalue weighted by Gasteiger charge is -2.15. The molecule has 0 bridgehead atoms. The molecule has 0 radical (unpaired) electrons. The lowest BCUT2D eigenvalue weighted by Crippen LogP contribution is -2.15. The van der Waals surface area contributed by atoms with Gasteiger partial charge in [-0.2, -0.15) is 13.2 Å². The summed E-state index contributed by atoms with van der Waals surface area (Å²) in [4.78, 5) is 3.52. The molecule has 0 fully saturated rings. The highest BCUT2D eigenvalue weighted by atomic mass is 19.4. The van der Waals surface area contributed by atoms with E-state index in [2.05, 4.69) is 4.98 Å². The maximum Gasteiger partial charge on any atom is 0.433 e. The molecule has 0 aromatic carbocycles. The predicted octanol–water partition coefficient (Wildman–Crippen LogP) is 3.37. The quantitative estimate of drug-likeness (QED) is 0.866. The number of hydrogen-bond acceptors (Lipinski definition) is 3. The van der Waals surface area contributed by atoms with Gasteiger partial charge in [0, 0.05) is 12.1 Å². The molecule has 19 heavy (non-hydrogen) atoms. The molecule has 1 heterocycles. The number of aromatic nitrogens is 1. The molecule has 3 nitrogen and oxygen atoms in total. The van der Waals surface area contributed by atoms with Crippen molar-refractivity contribution in [3.63, 3.8) is 0 Å². The summed E-state index contributed by atoms with van der Waals surface area (Å²) >= 11 is 0. The molecule has 1 aromatic rings. The van der Waals surface area contributed by atoms with E-state index in [1.165, 1.54) is 6.07 Å². The van der Waals surface area contributed by atoms with Crippen LogP contribution in [0.25, 0.3) is 0 Å². The molecule has 0 saturated carbocycles. The van der Waals surface area contributed by atoms with E-state index < -0.39 is 11.9 Å². The Labute approximate surface area is 111 Å². The average molecular weight is 276 g/mol. The summed E-state index contributed by atoms with van der Waals surface area (Å²) in [6.45, 7) is 4.47. The summed E-state index contributed by atoms with van der Waals surface area (Å²) in [6.07, 6.45) is -2.51. The second-order valence-corrected chi connectivity index (χ2v) is 4.57. The van der Waals surface area contributed by atoms with Gasteiger partial charge in [0.2, 0.25) is 5.88 Å². The van der Waals surface area contributed by atoms with Gasteiger partial charge in [0.05, 0.1) is 6.61 Å². The van der Waals surface area contributed by atoms with E-state index in [-0.39, 0.29) is 18.3 Å². The lowest BCUT2D eigenvalue weighted by atomic mass is 10.1. The lowest BCUT2D eigenvalue weighted by molar-refractivity contribution is -0.141. The van der Waals surface area contributed by atoms with Crippen LogP contribution in [-0.4, -0.2) is 11.6 Å². The van der Waals surface area contributed by atoms with Crippen LogP contribution < -0.4 is 10.5 Å². The van der Waals surface area contributed by atoms with E-state index in [4.69, 9.17) is 10.5 Å². The molecule has 1 atom stereocenters. The Morgan fingerprint density at radius 3 is 2.58 bits per heavy atom. The number of nitrogens with two attached hydrogens (primary N) is 1. The standard InChI is InChI=1S/C13H19F3N2O/c1-3-4-9(2)8-19-12-10(7-17)5-6-11(18-12)13(14,15)16/h5-6,9H,3-4,7-8,17H2,1-2H3. The Hall–Kier alpha value is -1.30. The molecule has 0 saturated heterocycles. The van der Waals surface area contributed by atoms with Crippen LogP contribution in [0.4, 0.5) is 13.2 Å². The Morgan fingerprint density at radius 2 is 2.05 bits per heavy atom. The van der Waals surface area contributed by atoms with E-state index in [9.17, 15) is 13.2 Å². The number of alkyl halides is 3. The van der Waals surface area contributed by atoms with Gasteiger partial charge in [0.25, 0.3) is 0 Å². The maximum atomic E-state index is 12.6. The minimum absolute atomic E-state index is 0.0136. The molecule has 0 aliphatic carbocycles. The van der Waals surface area contributed by atoms with Gasteiger partial charge in [-0.05, 0) is 18.4 Å². The normalized spacial score (nSPS) is 13.4. The van der Waals surface area contributed by atoms with Crippen molar-refractivity contribution in [2.45, 2.75) is 39.4 Å². The number of nitrogens with zero attached hydrogens (tertiary/aromatic N) is 1. The molecule has 0 amide bonds. The Kier molecular flexibility index (Phi) is 5.60. The smallest absolute Gasteiger partial charge is 0.433 e. The van der Waals surface area contributed by atoms with Crippen molar-refractivity contribution >= 4 is 0 Å². The minimum Gasteiger partial charge on any atom is -0.477 e. The zero-order valence-electron chi connectivity index (χ0n) is 11.1. The fraction of sp³-hybridized carbons (Fsp3) is 0.615. The van der Waals surface area contributed by atoms with Gasteiger partial charge in [0.15, 0.2) is 0 Å². The van der Waals surface area contributed by atoms with Crippen molar-refractivity contribution in [3.05, 3.63) is 23.4 Å². The first kappa shape index (κ1) is 15.8. The van der Waals surface area contributed by atoms with E-state index >= 15 is 0 Å². The maximum absolute atomic E-state index is 12.6. The highest BCUT2D eigenvalue weighted by Crippen LogP contribution is 2.30. The summed E-state index contributed by atoms with van der Waals surface area (Å²) in [5, 5.41) is 0. The monoisotopic (exact) mass is 276 g/mol. The fourth-order valence-electron chi connectivity index (χ4n) is 1.70. The number of halogens is 3. The topological polar surface area (TPSA) is 48.1 Å². The number of rotatable bonds is 6. The first-order valence-corrected chi connectivity index (χ1v) is 6.28. The second kappa shape index (κ2) is 6.75. The van der Waals surface area contributed by atoms with Crippen molar-refractivity contribution in [2.75, 3.05) is 6.61 Å². The van der Waals surface area contributed by atoms with E-state index in [0.717, 1.165) is 18.9 Å². The molecule has 6 heteroatoms. The third-order valence-corrected chi connectivity index (χ3v) is 2.74. The summed E-state index contributed by atoms with van der Waals surface area (Å²) in [7, 11) is 0. The van der Waals surface area contributed by atoms with Crippen LogP contribution in [0.2, 0.25) is 0 Å². The first-order chi connectivity index (χ1) is 8.88. The van der Waals surface area contributed by atoms with Crippen LogP contribution >= 0.6 is 0 Å². The fourth-order valence-corrected chi connectivity index (χ4v) is 1.70. The number of ether oxygens (including phenoxy) is 1. The van der Waals surface area contributed by atoms with Crippen molar-refractivity contribution in [2.24, 2.45) is 11.7 Å². The molecule has 1 unspecified atom stereocenters. The molecule has 1 rings (SSSR count). The highest BCUT2D eigenvalue weighted by Gasteiger charge is 2.33.